The Kier molecular flexibility index (Phi) is 6.02. The molecule has 1 saturated heterocycles. The van der Waals surface area contributed by atoms with Gasteiger partial charge in [0, 0.05) is 25.8 Å². The fourth-order valence-electron chi connectivity index (χ4n) is 5.40. The number of hydrogen-bond acceptors (Lipinski definition) is 7. The zero-order chi connectivity index (χ0) is 25.9. The van der Waals surface area contributed by atoms with Crippen LogP contribution in [0.15, 0.2) is 42.5 Å². The number of aromatic nitrogens is 1. The van der Waals surface area contributed by atoms with E-state index in [0.717, 1.165) is 22.7 Å². The molecule has 198 valence electrons. The standard InChI is InChI=1S/C27H25ClF2N2O4S.2H2/c1-15-25(24(32-11-8-17(33)14-32)18-4-2-3-5-19(18)28)37-23(31-15)13-22(34)26(9-10-26)16-6-7-20-21(12-16)36-27(29,30)35-20;;/h2-7,12,17,24,33H,8-11,13-14H2,1H3;2*1H/t17-,24-;;/m0../s1. The number of benzene rings is 2. The van der Waals surface area contributed by atoms with Gasteiger partial charge < -0.3 is 14.6 Å². The maximum atomic E-state index is 13.5. The van der Waals surface area contributed by atoms with E-state index in [2.05, 4.69) is 14.4 Å². The maximum absolute atomic E-state index is 13.5. The van der Waals surface area contributed by atoms with E-state index in [4.69, 9.17) is 16.6 Å². The zero-order valence-electron chi connectivity index (χ0n) is 20.0. The number of alkyl halides is 2. The average molecular weight is 551 g/mol. The van der Waals surface area contributed by atoms with E-state index in [1.54, 1.807) is 6.07 Å². The van der Waals surface area contributed by atoms with Gasteiger partial charge in [-0.3, -0.25) is 9.69 Å². The minimum absolute atomic E-state index is 0. The van der Waals surface area contributed by atoms with Crippen molar-refractivity contribution in [2.75, 3.05) is 13.1 Å². The van der Waals surface area contributed by atoms with Crippen molar-refractivity contribution in [3.8, 4) is 11.5 Å². The number of rotatable bonds is 7. The number of halogens is 3. The van der Waals surface area contributed by atoms with Gasteiger partial charge in [0.2, 0.25) is 0 Å². The summed E-state index contributed by atoms with van der Waals surface area (Å²) < 4.78 is 36.0. The van der Waals surface area contributed by atoms with E-state index in [-0.39, 0.29) is 32.6 Å². The molecular weight excluding hydrogens is 522 g/mol. The van der Waals surface area contributed by atoms with Crippen LogP contribution in [0.3, 0.4) is 0 Å². The number of aryl methyl sites for hydroxylation is 1. The quantitative estimate of drug-likeness (QED) is 0.394. The summed E-state index contributed by atoms with van der Waals surface area (Å²) in [6, 6.07) is 12.1. The van der Waals surface area contributed by atoms with Crippen LogP contribution in [0, 0.1) is 6.92 Å². The summed E-state index contributed by atoms with van der Waals surface area (Å²) in [6.07, 6.45) is -1.96. The number of aliphatic hydroxyl groups excluding tert-OH is 1. The van der Waals surface area contributed by atoms with Gasteiger partial charge in [-0.2, -0.15) is 0 Å². The number of hydrogen-bond donors (Lipinski definition) is 1. The molecular formula is C27H29ClF2N2O4S. The summed E-state index contributed by atoms with van der Waals surface area (Å²) >= 11 is 8.08. The third-order valence-corrected chi connectivity index (χ3v) is 8.99. The topological polar surface area (TPSA) is 71.9 Å². The fourth-order valence-corrected chi connectivity index (χ4v) is 6.86. The summed E-state index contributed by atoms with van der Waals surface area (Å²) in [6.45, 7) is 3.20. The molecule has 2 fully saturated rings. The Morgan fingerprint density at radius 1 is 1.27 bits per heavy atom. The molecule has 1 aliphatic carbocycles. The largest absolute Gasteiger partial charge is 0.586 e. The summed E-state index contributed by atoms with van der Waals surface area (Å²) in [5.41, 5.74) is 1.70. The maximum Gasteiger partial charge on any atom is 0.586 e. The van der Waals surface area contributed by atoms with Crippen molar-refractivity contribution < 1.29 is 31.0 Å². The van der Waals surface area contributed by atoms with E-state index in [0.29, 0.717) is 41.4 Å². The molecule has 1 saturated carbocycles. The van der Waals surface area contributed by atoms with Crippen molar-refractivity contribution in [1.29, 1.82) is 0 Å². The number of aliphatic hydroxyl groups is 1. The van der Waals surface area contributed by atoms with Crippen LogP contribution in [0.4, 0.5) is 8.78 Å². The summed E-state index contributed by atoms with van der Waals surface area (Å²) in [5.74, 6) is -0.0801. The molecule has 1 aromatic heterocycles. The van der Waals surface area contributed by atoms with Gasteiger partial charge in [-0.15, -0.1) is 20.1 Å². The van der Waals surface area contributed by atoms with Crippen LogP contribution in [0.5, 0.6) is 11.5 Å². The minimum atomic E-state index is -3.69. The van der Waals surface area contributed by atoms with Crippen molar-refractivity contribution in [3.05, 3.63) is 74.2 Å². The zero-order valence-corrected chi connectivity index (χ0v) is 21.6. The van der Waals surface area contributed by atoms with Crippen LogP contribution in [0.25, 0.3) is 0 Å². The molecule has 1 N–H and O–H groups in total. The van der Waals surface area contributed by atoms with Crippen molar-refractivity contribution >= 4 is 28.7 Å². The predicted octanol–water partition coefficient (Wildman–Crippen LogP) is 5.92. The van der Waals surface area contributed by atoms with E-state index >= 15 is 0 Å². The van der Waals surface area contributed by atoms with Crippen molar-refractivity contribution in [2.45, 2.75) is 56.5 Å². The average Bonchev–Trinajstić information content (AvgIpc) is 3.29. The van der Waals surface area contributed by atoms with Crippen LogP contribution in [-0.4, -0.2) is 46.3 Å². The lowest BCUT2D eigenvalue weighted by Gasteiger charge is -2.28. The fraction of sp³-hybridized carbons (Fsp3) is 0.407. The molecule has 0 unspecified atom stereocenters. The third kappa shape index (κ3) is 4.52. The van der Waals surface area contributed by atoms with Crippen LogP contribution >= 0.6 is 22.9 Å². The van der Waals surface area contributed by atoms with E-state index in [1.807, 2.05) is 31.2 Å². The second-order valence-electron chi connectivity index (χ2n) is 9.93. The monoisotopic (exact) mass is 550 g/mol. The highest BCUT2D eigenvalue weighted by molar-refractivity contribution is 7.12. The predicted molar refractivity (Wildman–Crippen MR) is 139 cm³/mol. The number of likely N-dealkylation sites (tertiary alicyclic amines) is 1. The molecule has 6 rings (SSSR count). The Morgan fingerprint density at radius 3 is 2.73 bits per heavy atom. The Bertz CT molecular complexity index is 1390. The molecule has 3 heterocycles. The Balaban J connectivity index is 0.00000176. The van der Waals surface area contributed by atoms with Gasteiger partial charge in [-0.25, -0.2) is 4.98 Å². The smallest absolute Gasteiger partial charge is 0.395 e. The Labute approximate surface area is 224 Å². The summed E-state index contributed by atoms with van der Waals surface area (Å²) in [7, 11) is 0. The number of nitrogens with zero attached hydrogens (tertiary/aromatic N) is 2. The van der Waals surface area contributed by atoms with E-state index < -0.39 is 17.8 Å². The molecule has 6 nitrogen and oxygen atoms in total. The van der Waals surface area contributed by atoms with Crippen LogP contribution < -0.4 is 9.47 Å². The second kappa shape index (κ2) is 9.01. The normalized spacial score (nSPS) is 22.2. The number of fused-ring (bicyclic) bond motifs is 1. The SMILES string of the molecule is Cc1nc(CC(=O)C2(c3ccc4c(c3)OC(F)(F)O4)CC2)sc1[C@H](c1ccccc1Cl)N1CC[C@H](O)C1.[HH].[HH]. The molecule has 3 aliphatic rings. The Hall–Kier alpha value is -2.59. The lowest BCUT2D eigenvalue weighted by atomic mass is 9.89. The highest BCUT2D eigenvalue weighted by Gasteiger charge is 2.52. The second-order valence-corrected chi connectivity index (χ2v) is 11.5. The summed E-state index contributed by atoms with van der Waals surface area (Å²) in [5, 5.41) is 11.6. The number of β-amino-alcohol motifs (C(OH)–C–C–N with tert-alkyl or cyclic N) is 1. The first-order valence-corrected chi connectivity index (χ1v) is 13.4. The molecule has 37 heavy (non-hydrogen) atoms. The van der Waals surface area contributed by atoms with Crippen LogP contribution in [0.2, 0.25) is 5.02 Å². The van der Waals surface area contributed by atoms with Gasteiger partial charge in [0.1, 0.15) is 10.8 Å². The van der Waals surface area contributed by atoms with Crippen LogP contribution in [0.1, 0.15) is 54.9 Å². The van der Waals surface area contributed by atoms with E-state index in [1.165, 1.54) is 23.5 Å². The lowest BCUT2D eigenvalue weighted by Crippen LogP contribution is -2.28. The molecule has 3 aromatic rings. The molecule has 0 radical (unpaired) electrons. The highest BCUT2D eigenvalue weighted by Crippen LogP contribution is 2.53. The van der Waals surface area contributed by atoms with Gasteiger partial charge >= 0.3 is 6.29 Å². The van der Waals surface area contributed by atoms with Gasteiger partial charge in [0.05, 0.1) is 29.7 Å². The molecule has 0 spiro atoms. The number of ether oxygens (including phenoxy) is 2. The van der Waals surface area contributed by atoms with E-state index in [9.17, 15) is 18.7 Å². The van der Waals surface area contributed by atoms with Gasteiger partial charge in [0.15, 0.2) is 11.5 Å². The van der Waals surface area contributed by atoms with Crippen molar-refractivity contribution in [1.82, 2.24) is 9.88 Å². The molecule has 2 aromatic carbocycles. The molecule has 2 aliphatic heterocycles. The Morgan fingerprint density at radius 2 is 2.03 bits per heavy atom. The van der Waals surface area contributed by atoms with Crippen molar-refractivity contribution in [3.63, 3.8) is 0 Å². The minimum Gasteiger partial charge on any atom is -0.395 e. The first-order valence-electron chi connectivity index (χ1n) is 12.2. The van der Waals surface area contributed by atoms with Crippen LogP contribution in [-0.2, 0) is 16.6 Å². The molecule has 2 atom stereocenters. The van der Waals surface area contributed by atoms with Gasteiger partial charge in [0.25, 0.3) is 0 Å². The molecule has 0 bridgehead atoms. The molecule has 10 heteroatoms. The number of Topliss-reactive ketones (excluding diaryl/α,β-unsaturated/α-hetero) is 1. The summed E-state index contributed by atoms with van der Waals surface area (Å²) in [4.78, 5) is 21.5. The number of carbonyl (C=O) groups is 1. The lowest BCUT2D eigenvalue weighted by molar-refractivity contribution is -0.286. The highest BCUT2D eigenvalue weighted by atomic mass is 35.5. The molecule has 0 amide bonds. The first kappa shape index (κ1) is 24.7. The number of ketones is 1. The number of thiazole rings is 1. The number of carbonyl (C=O) groups excluding carboxylic acids is 1. The van der Waals surface area contributed by atoms with Gasteiger partial charge in [-0.05, 0) is 55.5 Å². The van der Waals surface area contributed by atoms with Gasteiger partial charge in [-0.1, -0.05) is 35.9 Å². The third-order valence-electron chi connectivity index (χ3n) is 7.43. The first-order chi connectivity index (χ1) is 17.6. The van der Waals surface area contributed by atoms with Crippen molar-refractivity contribution in [2.24, 2.45) is 0 Å².